The van der Waals surface area contributed by atoms with Crippen molar-refractivity contribution in [2.75, 3.05) is 6.54 Å². The van der Waals surface area contributed by atoms with E-state index in [1.54, 1.807) is 10.4 Å². The van der Waals surface area contributed by atoms with Gasteiger partial charge in [0.2, 0.25) is 10.0 Å². The van der Waals surface area contributed by atoms with Crippen molar-refractivity contribution in [3.8, 4) is 0 Å². The Balaban J connectivity index is 2.12. The number of rotatable bonds is 3. The fourth-order valence-electron chi connectivity index (χ4n) is 3.25. The maximum Gasteiger partial charge on any atom is 0.243 e. The minimum Gasteiger partial charge on any atom is -0.207 e. The van der Waals surface area contributed by atoms with Crippen LogP contribution in [-0.4, -0.2) is 25.3 Å². The van der Waals surface area contributed by atoms with Gasteiger partial charge in [-0.1, -0.05) is 49.7 Å². The molecule has 3 rings (SSSR count). The van der Waals surface area contributed by atoms with Crippen molar-refractivity contribution < 1.29 is 8.42 Å². The first-order chi connectivity index (χ1) is 10.1. The van der Waals surface area contributed by atoms with Gasteiger partial charge >= 0.3 is 0 Å². The Morgan fingerprint density at radius 2 is 1.86 bits per heavy atom. The van der Waals surface area contributed by atoms with Crippen molar-refractivity contribution in [1.82, 2.24) is 4.31 Å². The van der Waals surface area contributed by atoms with Crippen LogP contribution < -0.4 is 0 Å². The largest absolute Gasteiger partial charge is 0.243 e. The zero-order valence-corrected chi connectivity index (χ0v) is 13.1. The van der Waals surface area contributed by atoms with E-state index < -0.39 is 10.0 Å². The molecule has 1 atom stereocenters. The van der Waals surface area contributed by atoms with E-state index in [-0.39, 0.29) is 6.04 Å². The Morgan fingerprint density at radius 3 is 2.67 bits per heavy atom. The number of fused-ring (bicyclic) bond motifs is 1. The summed E-state index contributed by atoms with van der Waals surface area (Å²) in [5.74, 6) is 0. The summed E-state index contributed by atoms with van der Waals surface area (Å²) < 4.78 is 27.9. The van der Waals surface area contributed by atoms with Crippen LogP contribution in [0.4, 0.5) is 0 Å². The first kappa shape index (κ1) is 14.5. The van der Waals surface area contributed by atoms with Crippen molar-refractivity contribution >= 4 is 20.8 Å². The number of nitrogens with zero attached hydrogens (tertiary/aromatic N) is 1. The van der Waals surface area contributed by atoms with E-state index in [1.807, 2.05) is 36.4 Å². The SMILES string of the molecule is CCC1CCCCN1S(=O)(=O)c1cccc2ccccc12. The van der Waals surface area contributed by atoms with Crippen LogP contribution in [0.1, 0.15) is 32.6 Å². The molecule has 0 amide bonds. The first-order valence-electron chi connectivity index (χ1n) is 7.64. The second-order valence-electron chi connectivity index (χ2n) is 5.65. The molecule has 0 radical (unpaired) electrons. The highest BCUT2D eigenvalue weighted by molar-refractivity contribution is 7.89. The fourth-order valence-corrected chi connectivity index (χ4v) is 5.23. The van der Waals surface area contributed by atoms with E-state index in [9.17, 15) is 8.42 Å². The van der Waals surface area contributed by atoms with E-state index in [1.165, 1.54) is 0 Å². The van der Waals surface area contributed by atoms with Crippen LogP contribution in [0.15, 0.2) is 47.4 Å². The summed E-state index contributed by atoms with van der Waals surface area (Å²) in [6.45, 7) is 2.71. The molecule has 0 spiro atoms. The lowest BCUT2D eigenvalue weighted by atomic mass is 10.0. The molecule has 1 fully saturated rings. The Morgan fingerprint density at radius 1 is 1.10 bits per heavy atom. The van der Waals surface area contributed by atoms with Crippen LogP contribution in [0, 0.1) is 0 Å². The summed E-state index contributed by atoms with van der Waals surface area (Å²) in [6.07, 6.45) is 3.94. The summed E-state index contributed by atoms with van der Waals surface area (Å²) in [5.41, 5.74) is 0. The van der Waals surface area contributed by atoms with Crippen LogP contribution in [0.2, 0.25) is 0 Å². The third-order valence-electron chi connectivity index (χ3n) is 4.38. The minimum absolute atomic E-state index is 0.141. The molecular formula is C17H21NO2S. The van der Waals surface area contributed by atoms with Gasteiger partial charge in [0.05, 0.1) is 4.90 Å². The lowest BCUT2D eigenvalue weighted by Gasteiger charge is -2.34. The zero-order chi connectivity index (χ0) is 14.9. The number of benzene rings is 2. The molecule has 4 heteroatoms. The van der Waals surface area contributed by atoms with E-state index in [0.29, 0.717) is 11.4 Å². The average molecular weight is 303 g/mol. The molecule has 0 saturated carbocycles. The zero-order valence-electron chi connectivity index (χ0n) is 12.3. The summed E-state index contributed by atoms with van der Waals surface area (Å²) in [5, 5.41) is 1.80. The molecule has 3 nitrogen and oxygen atoms in total. The molecule has 0 N–H and O–H groups in total. The maximum atomic E-state index is 13.1. The molecular weight excluding hydrogens is 282 g/mol. The summed E-state index contributed by atoms with van der Waals surface area (Å²) in [4.78, 5) is 0.445. The quantitative estimate of drug-likeness (QED) is 0.865. The molecule has 1 saturated heterocycles. The smallest absolute Gasteiger partial charge is 0.207 e. The third-order valence-corrected chi connectivity index (χ3v) is 6.39. The summed E-state index contributed by atoms with van der Waals surface area (Å²) >= 11 is 0. The van der Waals surface area contributed by atoms with Crippen LogP contribution in [0.3, 0.4) is 0 Å². The average Bonchev–Trinajstić information content (AvgIpc) is 2.54. The standard InChI is InChI=1S/C17H21NO2S/c1-2-15-10-5-6-13-18(15)21(19,20)17-12-7-9-14-8-3-4-11-16(14)17/h3-4,7-9,11-12,15H,2,5-6,10,13H2,1H3. The van der Waals surface area contributed by atoms with E-state index in [2.05, 4.69) is 6.92 Å². The molecule has 1 aliphatic heterocycles. The van der Waals surface area contributed by atoms with Crippen molar-refractivity contribution in [3.05, 3.63) is 42.5 Å². The summed E-state index contributed by atoms with van der Waals surface area (Å²) in [6, 6.07) is 13.4. The molecule has 21 heavy (non-hydrogen) atoms. The van der Waals surface area contributed by atoms with Gasteiger partial charge in [0.25, 0.3) is 0 Å². The van der Waals surface area contributed by atoms with E-state index in [0.717, 1.165) is 36.5 Å². The second kappa shape index (κ2) is 5.78. The molecule has 1 aliphatic rings. The van der Waals surface area contributed by atoms with Crippen molar-refractivity contribution in [3.63, 3.8) is 0 Å². The summed E-state index contributed by atoms with van der Waals surface area (Å²) in [7, 11) is -3.42. The molecule has 1 unspecified atom stereocenters. The fraction of sp³-hybridized carbons (Fsp3) is 0.412. The predicted molar refractivity (Wildman–Crippen MR) is 85.8 cm³/mol. The van der Waals surface area contributed by atoms with Gasteiger partial charge < -0.3 is 0 Å². The van der Waals surface area contributed by atoms with Gasteiger partial charge in [0.15, 0.2) is 0 Å². The first-order valence-corrected chi connectivity index (χ1v) is 9.08. The number of piperidine rings is 1. The Hall–Kier alpha value is -1.39. The van der Waals surface area contributed by atoms with E-state index in [4.69, 9.17) is 0 Å². The van der Waals surface area contributed by atoms with Crippen molar-refractivity contribution in [1.29, 1.82) is 0 Å². The maximum absolute atomic E-state index is 13.1. The topological polar surface area (TPSA) is 37.4 Å². The molecule has 0 aliphatic carbocycles. The predicted octanol–water partition coefficient (Wildman–Crippen LogP) is 3.79. The highest BCUT2D eigenvalue weighted by Crippen LogP contribution is 2.30. The van der Waals surface area contributed by atoms with Crippen LogP contribution in [-0.2, 0) is 10.0 Å². The van der Waals surface area contributed by atoms with Gasteiger partial charge in [0, 0.05) is 18.0 Å². The Labute approximate surface area is 126 Å². The van der Waals surface area contributed by atoms with Crippen LogP contribution in [0.25, 0.3) is 10.8 Å². The van der Waals surface area contributed by atoms with Crippen molar-refractivity contribution in [2.24, 2.45) is 0 Å². The van der Waals surface area contributed by atoms with Gasteiger partial charge in [-0.2, -0.15) is 4.31 Å². The van der Waals surface area contributed by atoms with Gasteiger partial charge in [-0.05, 0) is 30.7 Å². The van der Waals surface area contributed by atoms with Gasteiger partial charge in [0.1, 0.15) is 0 Å². The van der Waals surface area contributed by atoms with Gasteiger partial charge in [-0.15, -0.1) is 0 Å². The Bertz CT molecular complexity index is 734. The van der Waals surface area contributed by atoms with Gasteiger partial charge in [-0.25, -0.2) is 8.42 Å². The molecule has 1 heterocycles. The normalized spacial score (nSPS) is 20.7. The molecule has 0 bridgehead atoms. The highest BCUT2D eigenvalue weighted by Gasteiger charge is 2.33. The van der Waals surface area contributed by atoms with E-state index >= 15 is 0 Å². The van der Waals surface area contributed by atoms with Crippen molar-refractivity contribution in [2.45, 2.75) is 43.5 Å². The van der Waals surface area contributed by atoms with Crippen LogP contribution in [0.5, 0.6) is 0 Å². The number of hydrogen-bond donors (Lipinski definition) is 0. The highest BCUT2D eigenvalue weighted by atomic mass is 32.2. The number of hydrogen-bond acceptors (Lipinski definition) is 2. The molecule has 0 aromatic heterocycles. The monoisotopic (exact) mass is 303 g/mol. The molecule has 2 aromatic rings. The number of sulfonamides is 1. The lowest BCUT2D eigenvalue weighted by molar-refractivity contribution is 0.247. The third kappa shape index (κ3) is 2.58. The minimum atomic E-state index is -3.42. The molecule has 2 aromatic carbocycles. The second-order valence-corrected chi connectivity index (χ2v) is 7.51. The molecule has 112 valence electrons. The van der Waals surface area contributed by atoms with Crippen LogP contribution >= 0.6 is 0 Å². The lowest BCUT2D eigenvalue weighted by Crippen LogP contribution is -2.43. The Kier molecular flexibility index (Phi) is 4.00. The van der Waals surface area contributed by atoms with Gasteiger partial charge in [-0.3, -0.25) is 0 Å².